The molecule has 2 heteroatoms. The Morgan fingerprint density at radius 2 is 2.00 bits per heavy atom. The molecule has 0 aliphatic carbocycles. The molecule has 2 rings (SSSR count). The van der Waals surface area contributed by atoms with Crippen LogP contribution in [-0.2, 0) is 10.2 Å². The second-order valence-corrected chi connectivity index (χ2v) is 6.89. The number of benzene rings is 1. The van der Waals surface area contributed by atoms with E-state index in [1.807, 2.05) is 6.26 Å². The Hall–Kier alpha value is -1.28. The van der Waals surface area contributed by atoms with E-state index in [9.17, 15) is 0 Å². The first-order chi connectivity index (χ1) is 10.0. The zero-order valence-corrected chi connectivity index (χ0v) is 13.9. The third-order valence-electron chi connectivity index (χ3n) is 4.01. The number of ether oxygens (including phenoxy) is 1. The quantitative estimate of drug-likeness (QED) is 0.846. The van der Waals surface area contributed by atoms with Crippen LogP contribution in [0, 0.1) is 0 Å². The van der Waals surface area contributed by atoms with Gasteiger partial charge in [-0.25, -0.2) is 0 Å². The summed E-state index contributed by atoms with van der Waals surface area (Å²) in [6.45, 7) is 11.0. The average molecular weight is 287 g/mol. The Bertz CT molecular complexity index is 485. The highest BCUT2D eigenvalue weighted by Crippen LogP contribution is 2.35. The van der Waals surface area contributed by atoms with Crippen molar-refractivity contribution in [2.24, 2.45) is 0 Å². The number of rotatable bonds is 5. The van der Waals surface area contributed by atoms with Crippen LogP contribution < -0.4 is 5.32 Å². The topological polar surface area (TPSA) is 21.3 Å². The lowest BCUT2D eigenvalue weighted by atomic mass is 9.80. The van der Waals surface area contributed by atoms with Crippen LogP contribution in [-0.4, -0.2) is 13.2 Å². The van der Waals surface area contributed by atoms with E-state index < -0.39 is 0 Å². The summed E-state index contributed by atoms with van der Waals surface area (Å²) in [6.07, 6.45) is 5.37. The molecule has 1 N–H and O–H groups in total. The SMILES string of the molecule is CCCNC(C1=COCCC1)c1ccccc1C(C)(C)C. The molecule has 0 bridgehead atoms. The van der Waals surface area contributed by atoms with Crippen molar-refractivity contribution in [3.63, 3.8) is 0 Å². The molecule has 1 aromatic rings. The monoisotopic (exact) mass is 287 g/mol. The van der Waals surface area contributed by atoms with Crippen molar-refractivity contribution in [1.82, 2.24) is 5.32 Å². The third-order valence-corrected chi connectivity index (χ3v) is 4.01. The van der Waals surface area contributed by atoms with Crippen LogP contribution in [0.5, 0.6) is 0 Å². The smallest absolute Gasteiger partial charge is 0.0876 e. The van der Waals surface area contributed by atoms with Crippen molar-refractivity contribution < 1.29 is 4.74 Å². The summed E-state index contributed by atoms with van der Waals surface area (Å²) >= 11 is 0. The number of hydrogen-bond donors (Lipinski definition) is 1. The van der Waals surface area contributed by atoms with Gasteiger partial charge in [-0.05, 0) is 47.9 Å². The molecule has 0 aromatic heterocycles. The molecule has 1 aliphatic rings. The maximum absolute atomic E-state index is 5.59. The van der Waals surface area contributed by atoms with Crippen molar-refractivity contribution in [1.29, 1.82) is 0 Å². The summed E-state index contributed by atoms with van der Waals surface area (Å²) in [7, 11) is 0. The minimum atomic E-state index is 0.152. The number of hydrogen-bond acceptors (Lipinski definition) is 2. The Kier molecular flexibility index (Phi) is 5.46. The molecule has 0 amide bonds. The summed E-state index contributed by atoms with van der Waals surface area (Å²) in [4.78, 5) is 0. The Morgan fingerprint density at radius 1 is 1.24 bits per heavy atom. The lowest BCUT2D eigenvalue weighted by Gasteiger charge is -2.30. The summed E-state index contributed by atoms with van der Waals surface area (Å²) in [5.74, 6) is 0. The van der Waals surface area contributed by atoms with Gasteiger partial charge in [0.25, 0.3) is 0 Å². The van der Waals surface area contributed by atoms with E-state index in [1.54, 1.807) is 0 Å². The largest absolute Gasteiger partial charge is 0.501 e. The van der Waals surface area contributed by atoms with Gasteiger partial charge in [0, 0.05) is 0 Å². The highest BCUT2D eigenvalue weighted by Gasteiger charge is 2.25. The zero-order chi connectivity index (χ0) is 15.3. The third kappa shape index (κ3) is 4.10. The molecular formula is C19H29NO. The van der Waals surface area contributed by atoms with Gasteiger partial charge >= 0.3 is 0 Å². The Labute approximate surface area is 129 Å². The Morgan fingerprint density at radius 3 is 2.62 bits per heavy atom. The minimum Gasteiger partial charge on any atom is -0.501 e. The molecule has 21 heavy (non-hydrogen) atoms. The van der Waals surface area contributed by atoms with Gasteiger partial charge in [-0.1, -0.05) is 52.0 Å². The first-order valence-corrected chi connectivity index (χ1v) is 8.17. The van der Waals surface area contributed by atoms with Crippen molar-refractivity contribution in [3.05, 3.63) is 47.2 Å². The van der Waals surface area contributed by atoms with Crippen LogP contribution in [0.1, 0.15) is 64.1 Å². The Balaban J connectivity index is 2.39. The molecule has 1 heterocycles. The first kappa shape index (κ1) is 16.1. The van der Waals surface area contributed by atoms with Gasteiger partial charge in [0.15, 0.2) is 0 Å². The molecule has 1 aromatic carbocycles. The van der Waals surface area contributed by atoms with E-state index >= 15 is 0 Å². The second-order valence-electron chi connectivity index (χ2n) is 6.89. The maximum Gasteiger partial charge on any atom is 0.0876 e. The van der Waals surface area contributed by atoms with E-state index in [1.165, 1.54) is 16.7 Å². The molecule has 1 aliphatic heterocycles. The lowest BCUT2D eigenvalue weighted by Crippen LogP contribution is -2.28. The van der Waals surface area contributed by atoms with Gasteiger partial charge in [0.1, 0.15) is 0 Å². The zero-order valence-electron chi connectivity index (χ0n) is 13.9. The molecule has 0 saturated carbocycles. The molecule has 2 nitrogen and oxygen atoms in total. The molecule has 0 spiro atoms. The molecule has 116 valence electrons. The molecular weight excluding hydrogens is 258 g/mol. The van der Waals surface area contributed by atoms with Crippen molar-refractivity contribution in [3.8, 4) is 0 Å². The van der Waals surface area contributed by atoms with Crippen LogP contribution in [0.4, 0.5) is 0 Å². The minimum absolute atomic E-state index is 0.152. The summed E-state index contributed by atoms with van der Waals surface area (Å²) in [6, 6.07) is 9.10. The second kappa shape index (κ2) is 7.13. The number of nitrogens with one attached hydrogen (secondary N) is 1. The van der Waals surface area contributed by atoms with Gasteiger partial charge in [-0.2, -0.15) is 0 Å². The van der Waals surface area contributed by atoms with E-state index in [0.29, 0.717) is 0 Å². The maximum atomic E-state index is 5.59. The summed E-state index contributed by atoms with van der Waals surface area (Å²) < 4.78 is 5.59. The van der Waals surface area contributed by atoms with Gasteiger partial charge < -0.3 is 10.1 Å². The van der Waals surface area contributed by atoms with Crippen LogP contribution in [0.25, 0.3) is 0 Å². The average Bonchev–Trinajstić information content (AvgIpc) is 2.48. The van der Waals surface area contributed by atoms with Gasteiger partial charge in [0.05, 0.1) is 18.9 Å². The fourth-order valence-electron chi connectivity index (χ4n) is 2.96. The standard InChI is InChI=1S/C19H29NO/c1-5-12-20-18(15-9-8-13-21-14-15)16-10-6-7-11-17(16)19(2,3)4/h6-7,10-11,14,18,20H,5,8-9,12-13H2,1-4H3. The highest BCUT2D eigenvalue weighted by atomic mass is 16.5. The molecule has 1 unspecified atom stereocenters. The van der Waals surface area contributed by atoms with Crippen LogP contribution in [0.2, 0.25) is 0 Å². The van der Waals surface area contributed by atoms with Crippen LogP contribution >= 0.6 is 0 Å². The molecule has 0 saturated heterocycles. The highest BCUT2D eigenvalue weighted by molar-refractivity contribution is 5.39. The van der Waals surface area contributed by atoms with Crippen molar-refractivity contribution >= 4 is 0 Å². The van der Waals surface area contributed by atoms with Crippen LogP contribution in [0.3, 0.4) is 0 Å². The van der Waals surface area contributed by atoms with Gasteiger partial charge in [-0.15, -0.1) is 0 Å². The molecule has 1 atom stereocenters. The van der Waals surface area contributed by atoms with E-state index in [2.05, 4.69) is 57.3 Å². The predicted octanol–water partition coefficient (Wildman–Crippen LogP) is 4.72. The summed E-state index contributed by atoms with van der Waals surface area (Å²) in [5, 5.41) is 3.72. The van der Waals surface area contributed by atoms with E-state index in [0.717, 1.165) is 32.4 Å². The van der Waals surface area contributed by atoms with E-state index in [-0.39, 0.29) is 11.5 Å². The first-order valence-electron chi connectivity index (χ1n) is 8.17. The normalized spacial score (nSPS) is 17.0. The summed E-state index contributed by atoms with van der Waals surface area (Å²) in [5.41, 5.74) is 4.35. The molecule has 0 radical (unpaired) electrons. The van der Waals surface area contributed by atoms with Crippen molar-refractivity contribution in [2.45, 2.75) is 58.4 Å². The van der Waals surface area contributed by atoms with Crippen LogP contribution in [0.15, 0.2) is 36.1 Å². The van der Waals surface area contributed by atoms with Crippen molar-refractivity contribution in [2.75, 3.05) is 13.2 Å². The van der Waals surface area contributed by atoms with Gasteiger partial charge in [-0.3, -0.25) is 0 Å². The fraction of sp³-hybridized carbons (Fsp3) is 0.579. The molecule has 0 fully saturated rings. The predicted molar refractivity (Wildman–Crippen MR) is 89.4 cm³/mol. The van der Waals surface area contributed by atoms with E-state index in [4.69, 9.17) is 4.74 Å². The lowest BCUT2D eigenvalue weighted by molar-refractivity contribution is 0.219. The fourth-order valence-corrected chi connectivity index (χ4v) is 2.96. The van der Waals surface area contributed by atoms with Gasteiger partial charge in [0.2, 0.25) is 0 Å².